The van der Waals surface area contributed by atoms with Gasteiger partial charge in [-0.1, -0.05) is 13.8 Å². The van der Waals surface area contributed by atoms with Crippen molar-refractivity contribution in [3.8, 4) is 0 Å². The molecule has 0 saturated carbocycles. The lowest BCUT2D eigenvalue weighted by atomic mass is 10.1. The molecule has 1 aromatic rings. The second-order valence-corrected chi connectivity index (χ2v) is 6.61. The van der Waals surface area contributed by atoms with Gasteiger partial charge in [-0.05, 0) is 33.3 Å². The van der Waals surface area contributed by atoms with Gasteiger partial charge in [-0.2, -0.15) is 0 Å². The minimum atomic E-state index is -0.837. The highest BCUT2D eigenvalue weighted by atomic mass is 32.1. The summed E-state index contributed by atoms with van der Waals surface area (Å²) in [7, 11) is 0. The van der Waals surface area contributed by atoms with E-state index in [2.05, 4.69) is 0 Å². The normalized spacial score (nSPS) is 12.3. The molecule has 5 nitrogen and oxygen atoms in total. The summed E-state index contributed by atoms with van der Waals surface area (Å²) in [6.07, 6.45) is 0.831. The van der Waals surface area contributed by atoms with Gasteiger partial charge in [0.1, 0.15) is 5.00 Å². The first-order chi connectivity index (χ1) is 10.3. The summed E-state index contributed by atoms with van der Waals surface area (Å²) >= 11 is 1.54. The number of nitrogens with zero attached hydrogens (tertiary/aromatic N) is 1. The summed E-state index contributed by atoms with van der Waals surface area (Å²) in [6.45, 7) is 10.2. The van der Waals surface area contributed by atoms with Gasteiger partial charge in [-0.25, -0.2) is 4.79 Å². The lowest BCUT2D eigenvalue weighted by Gasteiger charge is -2.30. The highest BCUT2D eigenvalue weighted by Crippen LogP contribution is 2.34. The van der Waals surface area contributed by atoms with E-state index in [0.29, 0.717) is 18.7 Å². The molecule has 0 spiro atoms. The van der Waals surface area contributed by atoms with E-state index in [9.17, 15) is 9.59 Å². The van der Waals surface area contributed by atoms with Crippen molar-refractivity contribution in [1.29, 1.82) is 0 Å². The third kappa shape index (κ3) is 4.47. The van der Waals surface area contributed by atoms with Crippen LogP contribution in [0.4, 0.5) is 5.00 Å². The molecule has 0 aliphatic rings. The summed E-state index contributed by atoms with van der Waals surface area (Å²) in [6, 6.07) is 1.96. The first kappa shape index (κ1) is 18.5. The number of aryl methyl sites for hydroxylation is 1. The quantitative estimate of drug-likeness (QED) is 0.741. The summed E-state index contributed by atoms with van der Waals surface area (Å²) in [5.74, 6) is -1.69. The molecule has 1 rings (SSSR count). The van der Waals surface area contributed by atoms with Crippen LogP contribution in [0.15, 0.2) is 6.07 Å². The summed E-state index contributed by atoms with van der Waals surface area (Å²) < 4.78 is 5.13. The Labute approximate surface area is 135 Å². The molecule has 1 heterocycles. The summed E-state index contributed by atoms with van der Waals surface area (Å²) in [5.41, 5.74) is 0.537. The molecule has 0 fully saturated rings. The molecular formula is C16H25NO4S. The van der Waals surface area contributed by atoms with Gasteiger partial charge in [0.15, 0.2) is 0 Å². The fraction of sp³-hybridized carbons (Fsp3) is 0.625. The fourth-order valence-corrected chi connectivity index (χ4v) is 3.30. The zero-order valence-corrected chi connectivity index (χ0v) is 14.7. The number of carbonyl (C=O) groups excluding carboxylic acids is 1. The van der Waals surface area contributed by atoms with Crippen LogP contribution < -0.4 is 4.90 Å². The van der Waals surface area contributed by atoms with Crippen molar-refractivity contribution in [3.05, 3.63) is 16.5 Å². The van der Waals surface area contributed by atoms with Crippen molar-refractivity contribution in [2.24, 2.45) is 5.92 Å². The topological polar surface area (TPSA) is 66.8 Å². The second kappa shape index (κ2) is 8.17. The van der Waals surface area contributed by atoms with E-state index in [1.165, 1.54) is 11.3 Å². The number of thiophene rings is 1. The van der Waals surface area contributed by atoms with Crippen molar-refractivity contribution in [3.63, 3.8) is 0 Å². The van der Waals surface area contributed by atoms with Crippen LogP contribution >= 0.6 is 11.3 Å². The van der Waals surface area contributed by atoms with Gasteiger partial charge in [-0.3, -0.25) is 4.79 Å². The highest BCUT2D eigenvalue weighted by molar-refractivity contribution is 7.16. The van der Waals surface area contributed by atoms with Gasteiger partial charge in [0.05, 0.1) is 18.1 Å². The number of esters is 1. The molecule has 1 aromatic heterocycles. The molecule has 22 heavy (non-hydrogen) atoms. The van der Waals surface area contributed by atoms with Crippen molar-refractivity contribution >= 4 is 28.3 Å². The maximum absolute atomic E-state index is 12.2. The van der Waals surface area contributed by atoms with E-state index in [-0.39, 0.29) is 12.0 Å². The third-order valence-corrected chi connectivity index (χ3v) is 4.70. The Bertz CT molecular complexity index is 524. The smallest absolute Gasteiger partial charge is 0.341 e. The highest BCUT2D eigenvalue weighted by Gasteiger charge is 2.26. The van der Waals surface area contributed by atoms with Crippen molar-refractivity contribution in [2.45, 2.75) is 47.1 Å². The van der Waals surface area contributed by atoms with Gasteiger partial charge >= 0.3 is 11.9 Å². The molecule has 1 unspecified atom stereocenters. The number of hydrogen-bond donors (Lipinski definition) is 1. The van der Waals surface area contributed by atoms with Crippen molar-refractivity contribution in [2.75, 3.05) is 18.1 Å². The predicted octanol–water partition coefficient (Wildman–Crippen LogP) is 3.42. The third-order valence-electron chi connectivity index (χ3n) is 3.38. The SMILES string of the molecule is CCOC(=O)c1cc(CC)sc1N(CC(C)C(=O)O)C(C)C. The molecule has 0 amide bonds. The average molecular weight is 327 g/mol. The van der Waals surface area contributed by atoms with E-state index in [1.54, 1.807) is 13.8 Å². The Morgan fingerprint density at radius 1 is 1.32 bits per heavy atom. The number of hydrogen-bond acceptors (Lipinski definition) is 5. The molecule has 124 valence electrons. The number of ether oxygens (including phenoxy) is 1. The zero-order chi connectivity index (χ0) is 16.9. The van der Waals surface area contributed by atoms with Crippen LogP contribution in [0.3, 0.4) is 0 Å². The van der Waals surface area contributed by atoms with E-state index in [1.807, 2.05) is 31.7 Å². The molecule has 1 N–H and O–H groups in total. The minimum Gasteiger partial charge on any atom is -0.481 e. The van der Waals surface area contributed by atoms with Crippen LogP contribution in [-0.4, -0.2) is 36.2 Å². The number of aliphatic carboxylic acids is 1. The Hall–Kier alpha value is -1.56. The van der Waals surface area contributed by atoms with Gasteiger partial charge in [-0.15, -0.1) is 11.3 Å². The Morgan fingerprint density at radius 3 is 2.41 bits per heavy atom. The number of anilines is 1. The van der Waals surface area contributed by atoms with E-state index < -0.39 is 11.9 Å². The molecular weight excluding hydrogens is 302 g/mol. The molecule has 0 aliphatic carbocycles. The van der Waals surface area contributed by atoms with Crippen LogP contribution in [0, 0.1) is 5.92 Å². The lowest BCUT2D eigenvalue weighted by molar-refractivity contribution is -0.140. The predicted molar refractivity (Wildman–Crippen MR) is 88.9 cm³/mol. The molecule has 0 bridgehead atoms. The minimum absolute atomic E-state index is 0.0957. The van der Waals surface area contributed by atoms with Crippen LogP contribution in [0.5, 0.6) is 0 Å². The van der Waals surface area contributed by atoms with E-state index in [4.69, 9.17) is 9.84 Å². The van der Waals surface area contributed by atoms with Gasteiger partial charge in [0, 0.05) is 17.5 Å². The lowest BCUT2D eigenvalue weighted by Crippen LogP contribution is -2.37. The summed E-state index contributed by atoms with van der Waals surface area (Å²) in [5, 5.41) is 9.96. The zero-order valence-electron chi connectivity index (χ0n) is 13.9. The van der Waals surface area contributed by atoms with Crippen LogP contribution in [0.1, 0.15) is 49.9 Å². The number of carboxylic acid groups (broad SMARTS) is 1. The van der Waals surface area contributed by atoms with E-state index in [0.717, 1.165) is 16.3 Å². The molecule has 0 saturated heterocycles. The average Bonchev–Trinajstić information content (AvgIpc) is 2.88. The largest absolute Gasteiger partial charge is 0.481 e. The molecule has 1 atom stereocenters. The summed E-state index contributed by atoms with van der Waals surface area (Å²) in [4.78, 5) is 26.4. The first-order valence-corrected chi connectivity index (χ1v) is 8.42. The number of rotatable bonds is 8. The van der Waals surface area contributed by atoms with Gasteiger partial charge in [0.2, 0.25) is 0 Å². The van der Waals surface area contributed by atoms with Gasteiger partial charge in [0.25, 0.3) is 0 Å². The standard InChI is InChI=1S/C16H25NO4S/c1-6-12-8-13(16(20)21-7-2)14(22-12)17(10(3)4)9-11(5)15(18)19/h8,10-11H,6-7,9H2,1-5H3,(H,18,19). The maximum Gasteiger partial charge on any atom is 0.341 e. The Balaban J connectivity index is 3.20. The first-order valence-electron chi connectivity index (χ1n) is 7.61. The fourth-order valence-electron chi connectivity index (χ4n) is 2.08. The molecule has 0 radical (unpaired) electrons. The molecule has 0 aliphatic heterocycles. The van der Waals surface area contributed by atoms with Crippen LogP contribution in [0.2, 0.25) is 0 Å². The number of carbonyl (C=O) groups is 2. The van der Waals surface area contributed by atoms with Gasteiger partial charge < -0.3 is 14.7 Å². The Morgan fingerprint density at radius 2 is 1.95 bits per heavy atom. The van der Waals surface area contributed by atoms with E-state index >= 15 is 0 Å². The van der Waals surface area contributed by atoms with Crippen LogP contribution in [0.25, 0.3) is 0 Å². The molecule has 6 heteroatoms. The van der Waals surface area contributed by atoms with Crippen molar-refractivity contribution in [1.82, 2.24) is 0 Å². The second-order valence-electron chi connectivity index (χ2n) is 5.49. The Kier molecular flexibility index (Phi) is 6.87. The monoisotopic (exact) mass is 327 g/mol. The van der Waals surface area contributed by atoms with Crippen molar-refractivity contribution < 1.29 is 19.4 Å². The number of carboxylic acids is 1. The van der Waals surface area contributed by atoms with Crippen LogP contribution in [-0.2, 0) is 16.0 Å². The maximum atomic E-state index is 12.2. The molecule has 0 aromatic carbocycles.